The Balaban J connectivity index is 1.55. The number of amides is 1. The molecule has 6 heteroatoms. The van der Waals surface area contributed by atoms with Gasteiger partial charge >= 0.3 is 0 Å². The van der Waals surface area contributed by atoms with Crippen molar-refractivity contribution in [3.63, 3.8) is 0 Å². The molecule has 0 radical (unpaired) electrons. The van der Waals surface area contributed by atoms with Crippen LogP contribution in [0.15, 0.2) is 40.9 Å². The lowest BCUT2D eigenvalue weighted by Crippen LogP contribution is -2.48. The summed E-state index contributed by atoms with van der Waals surface area (Å²) in [4.78, 5) is 12.8. The first-order valence-electron chi connectivity index (χ1n) is 11.5. The highest BCUT2D eigenvalue weighted by Gasteiger charge is 2.46. The minimum absolute atomic E-state index is 0.0442. The summed E-state index contributed by atoms with van der Waals surface area (Å²) in [6.07, 6.45) is 4.57. The van der Waals surface area contributed by atoms with Crippen LogP contribution in [0.3, 0.4) is 0 Å². The first-order chi connectivity index (χ1) is 14.8. The van der Waals surface area contributed by atoms with E-state index in [1.54, 1.807) is 6.07 Å². The lowest BCUT2D eigenvalue weighted by atomic mass is 9.73. The number of hydrogen-bond donors (Lipinski definition) is 2. The fourth-order valence-corrected chi connectivity index (χ4v) is 5.37. The zero-order chi connectivity index (χ0) is 22.1. The SMILES string of the molecule is CCc1cc(C(=O)NC[C@]2(c3ccccc3)CC[C@H]3[C@H](CC2)OC(C)(C)C[C@@H]3O)no1. The van der Waals surface area contributed by atoms with Gasteiger partial charge in [-0.3, -0.25) is 4.79 Å². The van der Waals surface area contributed by atoms with Crippen molar-refractivity contribution in [2.75, 3.05) is 6.54 Å². The third-order valence-corrected chi connectivity index (χ3v) is 7.12. The van der Waals surface area contributed by atoms with Crippen LogP contribution < -0.4 is 5.32 Å². The summed E-state index contributed by atoms with van der Waals surface area (Å²) in [5.41, 5.74) is 1.03. The van der Waals surface area contributed by atoms with Crippen LogP contribution in [0.25, 0.3) is 0 Å². The van der Waals surface area contributed by atoms with Gasteiger partial charge in [-0.05, 0) is 45.1 Å². The molecule has 2 fully saturated rings. The quantitative estimate of drug-likeness (QED) is 0.754. The third kappa shape index (κ3) is 4.70. The highest BCUT2D eigenvalue weighted by molar-refractivity contribution is 5.92. The number of carbonyl (C=O) groups is 1. The van der Waals surface area contributed by atoms with E-state index in [2.05, 4.69) is 48.6 Å². The summed E-state index contributed by atoms with van der Waals surface area (Å²) < 4.78 is 11.6. The van der Waals surface area contributed by atoms with Crippen LogP contribution in [0.4, 0.5) is 0 Å². The van der Waals surface area contributed by atoms with Crippen LogP contribution in [0.5, 0.6) is 0 Å². The topological polar surface area (TPSA) is 84.6 Å². The molecule has 4 rings (SSSR count). The van der Waals surface area contributed by atoms with Gasteiger partial charge in [0.15, 0.2) is 5.69 Å². The van der Waals surface area contributed by atoms with Gasteiger partial charge in [0, 0.05) is 36.8 Å². The Hall–Kier alpha value is -2.18. The van der Waals surface area contributed by atoms with Gasteiger partial charge in [-0.25, -0.2) is 0 Å². The normalized spacial score (nSPS) is 30.3. The fourth-order valence-electron chi connectivity index (χ4n) is 5.37. The monoisotopic (exact) mass is 426 g/mol. The third-order valence-electron chi connectivity index (χ3n) is 7.12. The molecular formula is C25H34N2O4. The van der Waals surface area contributed by atoms with E-state index in [4.69, 9.17) is 9.26 Å². The predicted molar refractivity (Wildman–Crippen MR) is 118 cm³/mol. The minimum Gasteiger partial charge on any atom is -0.393 e. The van der Waals surface area contributed by atoms with Gasteiger partial charge in [-0.2, -0.15) is 0 Å². The van der Waals surface area contributed by atoms with Crippen molar-refractivity contribution in [2.24, 2.45) is 5.92 Å². The second kappa shape index (κ2) is 8.75. The van der Waals surface area contributed by atoms with E-state index in [-0.39, 0.29) is 35.0 Å². The van der Waals surface area contributed by atoms with Crippen LogP contribution >= 0.6 is 0 Å². The molecule has 1 saturated carbocycles. The zero-order valence-electron chi connectivity index (χ0n) is 18.8. The molecular weight excluding hydrogens is 392 g/mol. The lowest BCUT2D eigenvalue weighted by molar-refractivity contribution is -0.178. The van der Waals surface area contributed by atoms with E-state index in [1.165, 1.54) is 5.56 Å². The molecule has 1 amide bonds. The van der Waals surface area contributed by atoms with Crippen molar-refractivity contribution in [3.05, 3.63) is 53.4 Å². The summed E-state index contributed by atoms with van der Waals surface area (Å²) in [6, 6.07) is 12.1. The van der Waals surface area contributed by atoms with Crippen molar-refractivity contribution < 1.29 is 19.2 Å². The minimum atomic E-state index is -0.350. The average Bonchev–Trinajstić information content (AvgIpc) is 3.16. The molecule has 1 aliphatic carbocycles. The molecule has 168 valence electrons. The van der Waals surface area contributed by atoms with Crippen molar-refractivity contribution in [3.8, 4) is 0 Å². The summed E-state index contributed by atoms with van der Waals surface area (Å²) in [5.74, 6) is 0.630. The molecule has 2 heterocycles. The van der Waals surface area contributed by atoms with Crippen LogP contribution in [0, 0.1) is 5.92 Å². The zero-order valence-corrected chi connectivity index (χ0v) is 18.8. The number of fused-ring (bicyclic) bond motifs is 1. The first kappa shape index (κ1) is 22.0. The maximum atomic E-state index is 12.8. The fraction of sp³-hybridized carbons (Fsp3) is 0.600. The molecule has 2 aliphatic rings. The Bertz CT molecular complexity index is 894. The standard InChI is InChI=1S/C25H34N2O4/c1-4-18-14-20(27-31-18)23(29)26-16-25(17-8-6-5-7-9-17)12-10-19-21(28)15-24(2,3)30-22(19)11-13-25/h5-9,14,19,21-22,28H,4,10-13,15-16H2,1-3H3,(H,26,29)/t19-,21+,22+,25+/m1/s1. The number of nitrogens with one attached hydrogen (secondary N) is 1. The van der Waals surface area contributed by atoms with Crippen molar-refractivity contribution in [1.82, 2.24) is 10.5 Å². The van der Waals surface area contributed by atoms with E-state index in [9.17, 15) is 9.90 Å². The number of carbonyl (C=O) groups excluding carboxylic acids is 1. The summed E-state index contributed by atoms with van der Waals surface area (Å²) in [6.45, 7) is 6.60. The van der Waals surface area contributed by atoms with E-state index in [0.717, 1.165) is 25.7 Å². The molecule has 0 bridgehead atoms. The molecule has 2 aromatic rings. The molecule has 6 nitrogen and oxygen atoms in total. The van der Waals surface area contributed by atoms with Gasteiger partial charge in [0.2, 0.25) is 0 Å². The number of hydrogen-bond acceptors (Lipinski definition) is 5. The Morgan fingerprint density at radius 2 is 1.97 bits per heavy atom. The van der Waals surface area contributed by atoms with E-state index in [0.29, 0.717) is 30.8 Å². The number of rotatable bonds is 5. The molecule has 2 N–H and O–H groups in total. The van der Waals surface area contributed by atoms with Crippen molar-refractivity contribution in [1.29, 1.82) is 0 Å². The molecule has 31 heavy (non-hydrogen) atoms. The van der Waals surface area contributed by atoms with Crippen LogP contribution in [-0.2, 0) is 16.6 Å². The first-order valence-corrected chi connectivity index (χ1v) is 11.5. The number of aliphatic hydroxyl groups is 1. The van der Waals surface area contributed by atoms with E-state index < -0.39 is 0 Å². The molecule has 1 aromatic heterocycles. The average molecular weight is 427 g/mol. The highest BCUT2D eigenvalue weighted by Crippen LogP contribution is 2.45. The summed E-state index contributed by atoms with van der Waals surface area (Å²) in [5, 5.41) is 17.9. The Morgan fingerprint density at radius 3 is 2.68 bits per heavy atom. The molecule has 4 atom stereocenters. The second-order valence-electron chi connectivity index (χ2n) is 9.79. The highest BCUT2D eigenvalue weighted by atomic mass is 16.5. The molecule has 1 aliphatic heterocycles. The number of aromatic nitrogens is 1. The Labute approximate surface area is 184 Å². The number of ether oxygens (including phenoxy) is 1. The Morgan fingerprint density at radius 1 is 1.23 bits per heavy atom. The van der Waals surface area contributed by atoms with Crippen molar-refractivity contribution >= 4 is 5.91 Å². The van der Waals surface area contributed by atoms with Gasteiger partial charge in [0.25, 0.3) is 5.91 Å². The maximum absolute atomic E-state index is 12.8. The number of aryl methyl sites for hydroxylation is 1. The van der Waals surface area contributed by atoms with Crippen LogP contribution in [-0.4, -0.2) is 40.5 Å². The molecule has 0 unspecified atom stereocenters. The van der Waals surface area contributed by atoms with Gasteiger partial charge < -0.3 is 19.7 Å². The number of aliphatic hydroxyl groups excluding tert-OH is 1. The van der Waals surface area contributed by atoms with Gasteiger partial charge in [-0.15, -0.1) is 0 Å². The maximum Gasteiger partial charge on any atom is 0.273 e. The number of benzene rings is 1. The predicted octanol–water partition coefficient (Wildman–Crippen LogP) is 4.02. The second-order valence-corrected chi connectivity index (χ2v) is 9.79. The summed E-state index contributed by atoms with van der Waals surface area (Å²) in [7, 11) is 0. The Kier molecular flexibility index (Phi) is 6.22. The lowest BCUT2D eigenvalue weighted by Gasteiger charge is -2.43. The van der Waals surface area contributed by atoms with Crippen molar-refractivity contribution in [2.45, 2.75) is 82.5 Å². The summed E-state index contributed by atoms with van der Waals surface area (Å²) >= 11 is 0. The van der Waals surface area contributed by atoms with Gasteiger partial charge in [-0.1, -0.05) is 42.4 Å². The van der Waals surface area contributed by atoms with Gasteiger partial charge in [0.05, 0.1) is 17.8 Å². The number of nitrogens with zero attached hydrogens (tertiary/aromatic N) is 1. The molecule has 0 spiro atoms. The molecule has 1 aromatic carbocycles. The smallest absolute Gasteiger partial charge is 0.273 e. The largest absolute Gasteiger partial charge is 0.393 e. The van der Waals surface area contributed by atoms with Crippen LogP contribution in [0.1, 0.15) is 74.7 Å². The van der Waals surface area contributed by atoms with E-state index in [1.807, 2.05) is 13.0 Å². The van der Waals surface area contributed by atoms with Crippen LogP contribution in [0.2, 0.25) is 0 Å². The molecule has 1 saturated heterocycles. The van der Waals surface area contributed by atoms with Gasteiger partial charge in [0.1, 0.15) is 5.76 Å². The van der Waals surface area contributed by atoms with E-state index >= 15 is 0 Å².